The zero-order valence-electron chi connectivity index (χ0n) is 12.5. The van der Waals surface area contributed by atoms with Crippen LogP contribution in [0.1, 0.15) is 41.0 Å². The van der Waals surface area contributed by atoms with Crippen LogP contribution in [0.5, 0.6) is 0 Å². The van der Waals surface area contributed by atoms with Crippen LogP contribution in [0.15, 0.2) is 12.2 Å². The van der Waals surface area contributed by atoms with Crippen LogP contribution in [0.25, 0.3) is 0 Å². The maximum Gasteiger partial charge on any atom is 0.223 e. The lowest BCUT2D eigenvalue weighted by molar-refractivity contribution is -0.127. The number of carbonyl (C=O) groups excluding carboxylic acids is 1. The molecule has 1 aliphatic rings. The number of rotatable bonds is 5. The molecule has 1 aliphatic heterocycles. The van der Waals surface area contributed by atoms with E-state index in [9.17, 15) is 4.79 Å². The lowest BCUT2D eigenvalue weighted by Gasteiger charge is -2.26. The number of carbonyl (C=O) groups is 1. The van der Waals surface area contributed by atoms with Crippen LogP contribution in [-0.4, -0.2) is 36.5 Å². The van der Waals surface area contributed by atoms with Crippen LogP contribution in [0.4, 0.5) is 0 Å². The number of nitrogens with one attached hydrogen (secondary N) is 1. The average Bonchev–Trinajstić information content (AvgIpc) is 2.57. The summed E-state index contributed by atoms with van der Waals surface area (Å²) >= 11 is 0. The lowest BCUT2D eigenvalue weighted by atomic mass is 9.80. The summed E-state index contributed by atoms with van der Waals surface area (Å²) in [6, 6.07) is 0.457. The predicted octanol–water partition coefficient (Wildman–Crippen LogP) is 2.44. The molecule has 18 heavy (non-hydrogen) atoms. The molecule has 0 bridgehead atoms. The fraction of sp³-hybridized carbons (Fsp3) is 0.800. The van der Waals surface area contributed by atoms with Crippen molar-refractivity contribution in [1.29, 1.82) is 0 Å². The van der Waals surface area contributed by atoms with E-state index in [1.165, 1.54) is 0 Å². The molecule has 3 nitrogen and oxygen atoms in total. The highest BCUT2D eigenvalue weighted by atomic mass is 16.2. The first-order chi connectivity index (χ1) is 8.20. The second kappa shape index (κ2) is 5.87. The molecule has 0 radical (unpaired) electrons. The van der Waals surface area contributed by atoms with E-state index in [4.69, 9.17) is 0 Å². The van der Waals surface area contributed by atoms with Gasteiger partial charge in [0, 0.05) is 32.1 Å². The van der Waals surface area contributed by atoms with Crippen molar-refractivity contribution in [1.82, 2.24) is 10.2 Å². The van der Waals surface area contributed by atoms with E-state index in [0.717, 1.165) is 18.7 Å². The van der Waals surface area contributed by atoms with Crippen LogP contribution < -0.4 is 5.32 Å². The van der Waals surface area contributed by atoms with Crippen molar-refractivity contribution in [3.05, 3.63) is 12.2 Å². The molecule has 0 aromatic carbocycles. The summed E-state index contributed by atoms with van der Waals surface area (Å²) in [5, 5.41) is 3.34. The van der Waals surface area contributed by atoms with Gasteiger partial charge in [-0.05, 0) is 16.9 Å². The number of likely N-dealkylation sites (tertiary alicyclic amines) is 1. The third-order valence-corrected chi connectivity index (χ3v) is 3.61. The van der Waals surface area contributed by atoms with Gasteiger partial charge in [-0.2, -0.15) is 0 Å². The van der Waals surface area contributed by atoms with Gasteiger partial charge >= 0.3 is 0 Å². The fourth-order valence-electron chi connectivity index (χ4n) is 2.18. The molecule has 1 unspecified atom stereocenters. The highest BCUT2D eigenvalue weighted by Crippen LogP contribution is 2.34. The predicted molar refractivity (Wildman–Crippen MR) is 76.4 cm³/mol. The Balaban J connectivity index is 2.44. The molecule has 1 amide bonds. The molecular weight excluding hydrogens is 224 g/mol. The quantitative estimate of drug-likeness (QED) is 0.762. The zero-order valence-corrected chi connectivity index (χ0v) is 12.5. The Morgan fingerprint density at radius 1 is 1.50 bits per heavy atom. The number of hydrogen-bond acceptors (Lipinski definition) is 2. The Kier molecular flexibility index (Phi) is 4.97. The van der Waals surface area contributed by atoms with Gasteiger partial charge in [0.2, 0.25) is 5.91 Å². The van der Waals surface area contributed by atoms with Gasteiger partial charge in [0.05, 0.1) is 0 Å². The molecule has 1 heterocycles. The molecular formula is C15H28N2O. The normalized spacial score (nSPS) is 20.9. The Bertz CT molecular complexity index is 315. The van der Waals surface area contributed by atoms with Crippen LogP contribution in [-0.2, 0) is 4.79 Å². The molecule has 1 atom stereocenters. The molecule has 1 fully saturated rings. The van der Waals surface area contributed by atoms with Gasteiger partial charge in [0.15, 0.2) is 0 Å². The van der Waals surface area contributed by atoms with Gasteiger partial charge in [-0.1, -0.05) is 41.2 Å². The van der Waals surface area contributed by atoms with Gasteiger partial charge < -0.3 is 10.2 Å². The first-order valence-corrected chi connectivity index (χ1v) is 6.88. The molecule has 0 aliphatic carbocycles. The van der Waals surface area contributed by atoms with Gasteiger partial charge in [0.25, 0.3) is 0 Å². The Labute approximate surface area is 112 Å². The highest BCUT2D eigenvalue weighted by molar-refractivity contribution is 5.79. The summed E-state index contributed by atoms with van der Waals surface area (Å²) in [5.74, 6) is 0.747. The minimum Gasteiger partial charge on any atom is -0.338 e. The van der Waals surface area contributed by atoms with E-state index in [1.807, 2.05) is 4.90 Å². The Morgan fingerprint density at radius 3 is 2.56 bits per heavy atom. The van der Waals surface area contributed by atoms with E-state index < -0.39 is 0 Å². The van der Waals surface area contributed by atoms with Crippen molar-refractivity contribution >= 4 is 5.91 Å². The SMILES string of the molecule is C=C(CNC(C)C)CN1CC(C(C)(C)C)CC1=O. The van der Waals surface area contributed by atoms with Crippen molar-refractivity contribution in [3.8, 4) is 0 Å². The standard InChI is InChI=1S/C15H28N2O/c1-11(2)16-8-12(3)9-17-10-13(7-14(17)18)15(4,5)6/h11,13,16H,3,7-10H2,1-2,4-6H3. The minimum atomic E-state index is 0.210. The summed E-state index contributed by atoms with van der Waals surface area (Å²) < 4.78 is 0. The van der Waals surface area contributed by atoms with Gasteiger partial charge in [-0.25, -0.2) is 0 Å². The summed E-state index contributed by atoms with van der Waals surface area (Å²) in [7, 11) is 0. The van der Waals surface area contributed by atoms with E-state index in [-0.39, 0.29) is 11.3 Å². The Morgan fingerprint density at radius 2 is 2.11 bits per heavy atom. The molecule has 104 valence electrons. The van der Waals surface area contributed by atoms with Crippen molar-refractivity contribution < 1.29 is 4.79 Å². The van der Waals surface area contributed by atoms with E-state index >= 15 is 0 Å². The lowest BCUT2D eigenvalue weighted by Crippen LogP contribution is -2.33. The van der Waals surface area contributed by atoms with Crippen molar-refractivity contribution in [3.63, 3.8) is 0 Å². The maximum absolute atomic E-state index is 12.0. The molecule has 1 saturated heterocycles. The summed E-state index contributed by atoms with van der Waals surface area (Å²) in [6.45, 7) is 17.3. The van der Waals surface area contributed by atoms with Gasteiger partial charge in [-0.3, -0.25) is 4.79 Å². The number of nitrogens with zero attached hydrogens (tertiary/aromatic N) is 1. The van der Waals surface area contributed by atoms with E-state index in [0.29, 0.717) is 24.9 Å². The minimum absolute atomic E-state index is 0.210. The third kappa shape index (κ3) is 4.45. The Hall–Kier alpha value is -0.830. The molecule has 0 aromatic heterocycles. The largest absolute Gasteiger partial charge is 0.338 e. The molecule has 0 saturated carbocycles. The first kappa shape index (κ1) is 15.2. The van der Waals surface area contributed by atoms with E-state index in [1.54, 1.807) is 0 Å². The van der Waals surface area contributed by atoms with Crippen LogP contribution in [0.3, 0.4) is 0 Å². The van der Waals surface area contributed by atoms with Crippen molar-refractivity contribution in [2.24, 2.45) is 11.3 Å². The molecule has 0 aromatic rings. The first-order valence-electron chi connectivity index (χ1n) is 6.88. The van der Waals surface area contributed by atoms with Gasteiger partial charge in [-0.15, -0.1) is 0 Å². The second-order valence-electron chi connectivity index (χ2n) is 6.83. The monoisotopic (exact) mass is 252 g/mol. The summed E-state index contributed by atoms with van der Waals surface area (Å²) in [5.41, 5.74) is 1.30. The molecule has 1 rings (SSSR count). The van der Waals surface area contributed by atoms with Crippen molar-refractivity contribution in [2.45, 2.75) is 47.1 Å². The topological polar surface area (TPSA) is 32.3 Å². The number of amides is 1. The van der Waals surface area contributed by atoms with Crippen LogP contribution >= 0.6 is 0 Å². The smallest absolute Gasteiger partial charge is 0.223 e. The highest BCUT2D eigenvalue weighted by Gasteiger charge is 2.36. The molecule has 3 heteroatoms. The van der Waals surface area contributed by atoms with Crippen LogP contribution in [0.2, 0.25) is 0 Å². The van der Waals surface area contributed by atoms with Crippen molar-refractivity contribution in [2.75, 3.05) is 19.6 Å². The van der Waals surface area contributed by atoms with Gasteiger partial charge in [0.1, 0.15) is 0 Å². The number of hydrogen-bond donors (Lipinski definition) is 1. The second-order valence-corrected chi connectivity index (χ2v) is 6.83. The third-order valence-electron chi connectivity index (χ3n) is 3.61. The fourth-order valence-corrected chi connectivity index (χ4v) is 2.18. The zero-order chi connectivity index (χ0) is 13.9. The molecule has 0 spiro atoms. The summed E-state index contributed by atoms with van der Waals surface area (Å²) in [4.78, 5) is 13.9. The molecule has 1 N–H and O–H groups in total. The van der Waals surface area contributed by atoms with E-state index in [2.05, 4.69) is 46.5 Å². The maximum atomic E-state index is 12.0. The average molecular weight is 252 g/mol. The summed E-state index contributed by atoms with van der Waals surface area (Å²) in [6.07, 6.45) is 0.689. The van der Waals surface area contributed by atoms with Crippen LogP contribution in [0, 0.1) is 11.3 Å².